The van der Waals surface area contributed by atoms with Gasteiger partial charge >= 0.3 is 27.6 Å². The van der Waals surface area contributed by atoms with Crippen LogP contribution in [0.15, 0.2) is 48.6 Å². The van der Waals surface area contributed by atoms with Crippen LogP contribution >= 0.6 is 15.6 Å². The van der Waals surface area contributed by atoms with Gasteiger partial charge in [-0.25, -0.2) is 9.13 Å². The molecule has 1 aliphatic carbocycles. The summed E-state index contributed by atoms with van der Waals surface area (Å²) in [6.07, 6.45) is 4.02. The molecule has 0 aromatic heterocycles. The number of fused-ring (bicyclic) bond motifs is 4. The van der Waals surface area contributed by atoms with Crippen molar-refractivity contribution in [2.75, 3.05) is 13.2 Å². The molecule has 12 atom stereocenters. The summed E-state index contributed by atoms with van der Waals surface area (Å²) in [6.45, 7) is 2.44. The van der Waals surface area contributed by atoms with E-state index >= 15 is 0 Å². The molecule has 0 radical (unpaired) electrons. The predicted octanol–water partition coefficient (Wildman–Crippen LogP) is 5.09. The number of ether oxygens (including phenoxy) is 2. The average molecular weight is 983 g/mol. The molecular weight excluding hydrogens is 906 g/mol. The molecule has 9 N–H and O–H groups in total. The smallest absolute Gasteiger partial charge is 0.462 e. The summed E-state index contributed by atoms with van der Waals surface area (Å²) < 4.78 is 51.9. The van der Waals surface area contributed by atoms with Crippen LogP contribution in [0.3, 0.4) is 0 Å². The van der Waals surface area contributed by atoms with Crippen molar-refractivity contribution in [3.05, 3.63) is 48.6 Å². The van der Waals surface area contributed by atoms with Crippen molar-refractivity contribution < 1.29 is 91.9 Å². The summed E-state index contributed by atoms with van der Waals surface area (Å²) >= 11 is 0. The average Bonchev–Trinajstić information content (AvgIpc) is 3.25. The summed E-state index contributed by atoms with van der Waals surface area (Å²) in [6, 6.07) is 0. The molecule has 2 aliphatic rings. The number of carbonyl (C=O) groups excluding carboxylic acids is 3. The number of hydrogen-bond donors (Lipinski definition) is 9. The van der Waals surface area contributed by atoms with E-state index in [1.165, 1.54) is 6.08 Å². The molecule has 0 spiro atoms. The first-order valence-electron chi connectivity index (χ1n) is 23.3. The third-order valence-corrected chi connectivity index (χ3v) is 12.7. The summed E-state index contributed by atoms with van der Waals surface area (Å²) in [5.41, 5.74) is 0. The normalized spacial score (nSPS) is 31.4. The SMILES string of the molecule is CCC/C=C\C/C=C\CCCCCCCC(=O)OC[C@@H]1COP(=O)(O)O[C@H]2[C@H](O)[C@@H](O)[C@H](O)[C@@H](C/C=C\CCCC(=O)O1)[C@@H](O)CC(=O)[C@H](/C=C/[C@@H](O)CCCCC)[C@@H](O)[C@H]2OP(=O)(O)O. The number of esters is 2. The van der Waals surface area contributed by atoms with Crippen molar-refractivity contribution in [2.24, 2.45) is 11.8 Å². The quantitative estimate of drug-likeness (QED) is 0.0295. The number of aliphatic hydroxyl groups excluding tert-OH is 6. The molecule has 66 heavy (non-hydrogen) atoms. The summed E-state index contributed by atoms with van der Waals surface area (Å²) in [7, 11) is -11.5. The van der Waals surface area contributed by atoms with Crippen molar-refractivity contribution in [1.29, 1.82) is 0 Å². The van der Waals surface area contributed by atoms with E-state index in [9.17, 15) is 68.8 Å². The van der Waals surface area contributed by atoms with Gasteiger partial charge in [0.2, 0.25) is 0 Å². The molecule has 1 heterocycles. The van der Waals surface area contributed by atoms with Gasteiger partial charge in [-0.3, -0.25) is 28.0 Å². The topological polar surface area (TPSA) is 314 Å². The third-order valence-electron chi connectivity index (χ3n) is 11.2. The van der Waals surface area contributed by atoms with Crippen molar-refractivity contribution >= 4 is 33.4 Å². The number of aliphatic hydroxyl groups is 6. The Balaban J connectivity index is 2.38. The maximum absolute atomic E-state index is 13.9. The number of rotatable bonds is 22. The Morgan fingerprint density at radius 3 is 2.29 bits per heavy atom. The number of unbranched alkanes of at least 4 members (excludes halogenated alkanes) is 8. The molecule has 0 amide bonds. The van der Waals surface area contributed by atoms with Gasteiger partial charge in [-0.1, -0.05) is 107 Å². The van der Waals surface area contributed by atoms with Gasteiger partial charge in [-0.05, 0) is 57.8 Å². The van der Waals surface area contributed by atoms with Gasteiger partial charge in [0.05, 0.1) is 36.9 Å². The van der Waals surface area contributed by atoms with Crippen LogP contribution in [0.25, 0.3) is 0 Å². The largest absolute Gasteiger partial charge is 0.472 e. The van der Waals surface area contributed by atoms with E-state index in [2.05, 4.69) is 31.2 Å². The summed E-state index contributed by atoms with van der Waals surface area (Å²) in [4.78, 5) is 70.4. The van der Waals surface area contributed by atoms with E-state index in [1.54, 1.807) is 6.08 Å². The van der Waals surface area contributed by atoms with Gasteiger partial charge < -0.3 is 54.8 Å². The van der Waals surface area contributed by atoms with Crippen molar-refractivity contribution in [1.82, 2.24) is 0 Å². The van der Waals surface area contributed by atoms with Gasteiger partial charge in [-0.15, -0.1) is 0 Å². The number of allylic oxidation sites excluding steroid dienone is 6. The second kappa shape index (κ2) is 32.4. The maximum atomic E-state index is 13.9. The standard InChI is InChI=1S/C45H76O19P2/c1-3-5-7-8-9-10-11-12-13-14-15-16-21-25-38(49)60-30-33-31-61-66(58,59)64-45-43(54)42(53)40(51)34(24-20-17-18-22-26-39(50)62-33)36(47)29-37(48)35(28-27-32(46)23-19-6-4-2)41(52)44(45)63-65(55,56)57/h7-8,10-11,17,20,27-28,32-36,40-47,51-54H,3-6,9,12-16,18-19,21-26,29-31H2,1-2H3,(H,58,59)(H2,55,56,57)/b8-7-,11-10-,20-17-,28-27+/t32-,33+,34-,35-,36-,40+,41+,42-,43+,44+,45-/m0/s1. The first kappa shape index (κ1) is 59.7. The highest BCUT2D eigenvalue weighted by Gasteiger charge is 2.51. The number of phosphoric ester groups is 2. The zero-order valence-corrected chi connectivity index (χ0v) is 40.1. The number of hydrogen-bond acceptors (Lipinski definition) is 16. The van der Waals surface area contributed by atoms with E-state index in [4.69, 9.17) is 23.0 Å². The number of cyclic esters (lactones) is 1. The minimum atomic E-state index is -5.79. The fourth-order valence-electron chi connectivity index (χ4n) is 7.47. The van der Waals surface area contributed by atoms with Crippen LogP contribution in [-0.2, 0) is 46.6 Å². The van der Waals surface area contributed by atoms with Gasteiger partial charge in [-0.2, -0.15) is 0 Å². The fourth-order valence-corrected chi connectivity index (χ4v) is 9.00. The van der Waals surface area contributed by atoms with Crippen LogP contribution in [-0.4, -0.2) is 131 Å². The van der Waals surface area contributed by atoms with E-state index in [0.717, 1.165) is 76.4 Å². The number of phosphoric acid groups is 2. The Morgan fingerprint density at radius 2 is 1.59 bits per heavy atom. The lowest BCUT2D eigenvalue weighted by Gasteiger charge is -2.38. The van der Waals surface area contributed by atoms with Crippen LogP contribution in [0.2, 0.25) is 0 Å². The first-order chi connectivity index (χ1) is 31.3. The Labute approximate surface area is 388 Å². The minimum absolute atomic E-state index is 0.0326. The van der Waals surface area contributed by atoms with E-state index in [0.29, 0.717) is 12.8 Å². The monoisotopic (exact) mass is 982 g/mol. The molecule has 0 aromatic carbocycles. The fraction of sp³-hybridized carbons (Fsp3) is 0.756. The minimum Gasteiger partial charge on any atom is -0.462 e. The molecule has 1 saturated carbocycles. The van der Waals surface area contributed by atoms with Crippen LogP contribution in [0.4, 0.5) is 0 Å². The lowest BCUT2D eigenvalue weighted by Crippen LogP contribution is -2.56. The van der Waals surface area contributed by atoms with Crippen molar-refractivity contribution in [3.8, 4) is 0 Å². The summed E-state index contributed by atoms with van der Waals surface area (Å²) in [5.74, 6) is -5.80. The van der Waals surface area contributed by atoms with Gasteiger partial charge in [0.15, 0.2) is 6.10 Å². The maximum Gasteiger partial charge on any atom is 0.472 e. The van der Waals surface area contributed by atoms with Gasteiger partial charge in [0, 0.05) is 25.2 Å². The molecule has 1 fully saturated rings. The van der Waals surface area contributed by atoms with E-state index in [1.807, 2.05) is 6.92 Å². The van der Waals surface area contributed by atoms with Crippen LogP contribution in [0.1, 0.15) is 136 Å². The Morgan fingerprint density at radius 1 is 0.894 bits per heavy atom. The van der Waals surface area contributed by atoms with Crippen LogP contribution in [0, 0.1) is 11.8 Å². The molecule has 21 heteroatoms. The van der Waals surface area contributed by atoms with Crippen molar-refractivity contribution in [3.63, 3.8) is 0 Å². The second-order valence-corrected chi connectivity index (χ2v) is 19.5. The Kier molecular flexibility index (Phi) is 29.3. The predicted molar refractivity (Wildman–Crippen MR) is 242 cm³/mol. The highest BCUT2D eigenvalue weighted by molar-refractivity contribution is 7.47. The van der Waals surface area contributed by atoms with Gasteiger partial charge in [0.1, 0.15) is 36.8 Å². The molecule has 1 unspecified atom stereocenters. The lowest BCUT2D eigenvalue weighted by atomic mass is 9.83. The van der Waals surface area contributed by atoms with Crippen LogP contribution < -0.4 is 0 Å². The van der Waals surface area contributed by atoms with Crippen LogP contribution in [0.5, 0.6) is 0 Å². The Hall–Kier alpha value is -2.45. The second-order valence-electron chi connectivity index (χ2n) is 16.9. The molecule has 0 aromatic rings. The zero-order chi connectivity index (χ0) is 49.1. The van der Waals surface area contributed by atoms with Gasteiger partial charge in [0.25, 0.3) is 0 Å². The highest BCUT2D eigenvalue weighted by Crippen LogP contribution is 2.49. The molecule has 2 bridgehead atoms. The van der Waals surface area contributed by atoms with E-state index in [-0.39, 0.29) is 38.5 Å². The lowest BCUT2D eigenvalue weighted by molar-refractivity contribution is -0.165. The zero-order valence-electron chi connectivity index (χ0n) is 38.3. The van der Waals surface area contributed by atoms with Crippen molar-refractivity contribution in [2.45, 2.75) is 191 Å². The highest BCUT2D eigenvalue weighted by atomic mass is 31.2. The molecule has 1 aliphatic heterocycles. The first-order valence-corrected chi connectivity index (χ1v) is 26.3. The number of carbonyl (C=O) groups is 3. The van der Waals surface area contributed by atoms with E-state index < -0.39 is 120 Å². The number of Topliss-reactive ketones (excluding diaryl/α,β-unsaturated/α-hetero) is 1. The molecular formula is C45H76O19P2. The summed E-state index contributed by atoms with van der Waals surface area (Å²) in [5, 5.41) is 67.8. The molecule has 2 rings (SSSR count). The molecule has 0 saturated heterocycles. The third kappa shape index (κ3) is 24.2. The molecule has 19 nitrogen and oxygen atoms in total. The molecule has 380 valence electrons. The Bertz CT molecular complexity index is 1630. The number of ketones is 1.